The van der Waals surface area contributed by atoms with Crippen molar-refractivity contribution in [3.05, 3.63) is 158 Å². The molecular formula is C46H26N4. The highest BCUT2D eigenvalue weighted by molar-refractivity contribution is 6.41. The Morgan fingerprint density at radius 1 is 0.360 bits per heavy atom. The molecule has 0 unspecified atom stereocenters. The van der Waals surface area contributed by atoms with Crippen molar-refractivity contribution in [1.29, 1.82) is 0 Å². The molecule has 0 saturated carbocycles. The average molecular weight is 635 g/mol. The zero-order chi connectivity index (χ0) is 32.5. The first kappa shape index (κ1) is 26.2. The van der Waals surface area contributed by atoms with Crippen molar-refractivity contribution in [2.75, 3.05) is 0 Å². The van der Waals surface area contributed by atoms with Crippen LogP contribution >= 0.6 is 0 Å². The van der Waals surface area contributed by atoms with Crippen LogP contribution in [-0.2, 0) is 0 Å². The monoisotopic (exact) mass is 634 g/mol. The lowest BCUT2D eigenvalue weighted by Gasteiger charge is -2.13. The van der Waals surface area contributed by atoms with Gasteiger partial charge in [0.05, 0.1) is 38.8 Å². The number of nitrogens with zero attached hydrogens (tertiary/aromatic N) is 4. The molecule has 0 spiro atoms. The Labute approximate surface area is 285 Å². The average Bonchev–Trinajstić information content (AvgIpc) is 3.84. The SMILES string of the molecule is c1ccc(-c2nc(-n3c4ccc5ccccc5c4c4c5c6cccc7c8ccccc8n(c76)c5c5ccccc5c43)nc3ccccc23)cc1. The number of fused-ring (bicyclic) bond motifs is 16. The van der Waals surface area contributed by atoms with Gasteiger partial charge < -0.3 is 4.40 Å². The molecule has 0 amide bonds. The zero-order valence-corrected chi connectivity index (χ0v) is 26.8. The van der Waals surface area contributed by atoms with Crippen molar-refractivity contribution in [1.82, 2.24) is 18.9 Å². The van der Waals surface area contributed by atoms with Crippen molar-refractivity contribution in [2.45, 2.75) is 0 Å². The third kappa shape index (κ3) is 3.21. The summed E-state index contributed by atoms with van der Waals surface area (Å²) in [7, 11) is 0. The summed E-state index contributed by atoms with van der Waals surface area (Å²) in [5.41, 5.74) is 8.91. The van der Waals surface area contributed by atoms with Crippen molar-refractivity contribution in [2.24, 2.45) is 0 Å². The van der Waals surface area contributed by atoms with Gasteiger partial charge in [-0.2, -0.15) is 0 Å². The van der Waals surface area contributed by atoms with Gasteiger partial charge in [-0.1, -0.05) is 140 Å². The molecular weight excluding hydrogens is 609 g/mol. The smallest absolute Gasteiger partial charge is 0.235 e. The summed E-state index contributed by atoms with van der Waals surface area (Å²) in [6.07, 6.45) is 0. The Morgan fingerprint density at radius 2 is 1.00 bits per heavy atom. The normalized spacial score (nSPS) is 12.4. The summed E-state index contributed by atoms with van der Waals surface area (Å²) >= 11 is 0. The predicted molar refractivity (Wildman–Crippen MR) is 209 cm³/mol. The van der Waals surface area contributed by atoms with Crippen LogP contribution in [0.15, 0.2) is 158 Å². The molecule has 0 saturated heterocycles. The van der Waals surface area contributed by atoms with E-state index < -0.39 is 0 Å². The summed E-state index contributed by atoms with van der Waals surface area (Å²) in [5, 5.41) is 13.4. The van der Waals surface area contributed by atoms with Crippen LogP contribution in [0.1, 0.15) is 0 Å². The number of aromatic nitrogens is 4. The number of benzene rings is 8. The van der Waals surface area contributed by atoms with E-state index in [0.717, 1.165) is 33.2 Å². The lowest BCUT2D eigenvalue weighted by molar-refractivity contribution is 1.02. The lowest BCUT2D eigenvalue weighted by Crippen LogP contribution is -2.04. The van der Waals surface area contributed by atoms with E-state index in [1.54, 1.807) is 0 Å². The van der Waals surface area contributed by atoms with E-state index in [-0.39, 0.29) is 0 Å². The van der Waals surface area contributed by atoms with E-state index >= 15 is 0 Å². The molecule has 0 N–H and O–H groups in total. The third-order valence-corrected chi connectivity index (χ3v) is 10.8. The fourth-order valence-corrected chi connectivity index (χ4v) is 8.84. The molecule has 230 valence electrons. The van der Waals surface area contributed by atoms with E-state index in [1.807, 2.05) is 0 Å². The highest BCUT2D eigenvalue weighted by Gasteiger charge is 2.27. The van der Waals surface area contributed by atoms with Gasteiger partial charge in [0.2, 0.25) is 5.95 Å². The van der Waals surface area contributed by atoms with Crippen molar-refractivity contribution in [3.8, 4) is 17.2 Å². The number of rotatable bonds is 2. The highest BCUT2D eigenvalue weighted by atomic mass is 15.2. The first-order chi connectivity index (χ1) is 24.8. The predicted octanol–water partition coefficient (Wildman–Crippen LogP) is 11.9. The number of hydrogen-bond donors (Lipinski definition) is 0. The molecule has 12 rings (SSSR count). The molecule has 50 heavy (non-hydrogen) atoms. The van der Waals surface area contributed by atoms with E-state index in [9.17, 15) is 0 Å². The number of hydrogen-bond acceptors (Lipinski definition) is 2. The van der Waals surface area contributed by atoms with Gasteiger partial charge in [0.25, 0.3) is 0 Å². The molecule has 0 aliphatic carbocycles. The summed E-state index contributed by atoms with van der Waals surface area (Å²) < 4.78 is 4.86. The van der Waals surface area contributed by atoms with E-state index in [2.05, 4.69) is 167 Å². The van der Waals surface area contributed by atoms with Gasteiger partial charge in [-0.25, -0.2) is 9.97 Å². The Balaban J connectivity index is 1.39. The van der Waals surface area contributed by atoms with Gasteiger partial charge in [0, 0.05) is 54.0 Å². The maximum absolute atomic E-state index is 5.45. The van der Waals surface area contributed by atoms with Crippen LogP contribution in [0.5, 0.6) is 0 Å². The Morgan fingerprint density at radius 3 is 1.86 bits per heavy atom. The van der Waals surface area contributed by atoms with Gasteiger partial charge in [0.15, 0.2) is 0 Å². The molecule has 4 aromatic heterocycles. The minimum atomic E-state index is 0.671. The molecule has 0 radical (unpaired) electrons. The lowest BCUT2D eigenvalue weighted by atomic mass is 9.96. The van der Waals surface area contributed by atoms with Crippen LogP contribution in [0.25, 0.3) is 110 Å². The summed E-state index contributed by atoms with van der Waals surface area (Å²) in [5.74, 6) is 0.671. The minimum absolute atomic E-state index is 0.671. The molecule has 0 fully saturated rings. The largest absolute Gasteiger partial charge is 0.307 e. The second-order valence-electron chi connectivity index (χ2n) is 13.3. The molecule has 0 aliphatic heterocycles. The maximum Gasteiger partial charge on any atom is 0.235 e. The second-order valence-corrected chi connectivity index (χ2v) is 13.3. The van der Waals surface area contributed by atoms with Crippen LogP contribution in [0.3, 0.4) is 0 Å². The van der Waals surface area contributed by atoms with Gasteiger partial charge in [-0.05, 0) is 29.0 Å². The van der Waals surface area contributed by atoms with Crippen molar-refractivity contribution < 1.29 is 0 Å². The molecule has 0 aliphatic rings. The Bertz CT molecular complexity index is 3370. The summed E-state index contributed by atoms with van der Waals surface area (Å²) in [4.78, 5) is 10.8. The Kier molecular flexibility index (Phi) is 4.94. The molecule has 12 aromatic rings. The quantitative estimate of drug-likeness (QED) is 0.190. The molecule has 0 bridgehead atoms. The standard InChI is InChI=1S/C46H26N4/c1-2-14-28(15-3-1)42-34-20-8-10-23-36(34)47-46(48-42)50-38-26-25-27-13-4-5-16-29(27)39(38)41-40-35-22-12-21-31-30-17-9-11-24-37(30)49(43(31)35)44(40)32-18-6-7-19-33(32)45(41)50/h1-26H. The van der Waals surface area contributed by atoms with Gasteiger partial charge in [0.1, 0.15) is 0 Å². The van der Waals surface area contributed by atoms with Crippen LogP contribution < -0.4 is 0 Å². The zero-order valence-electron chi connectivity index (χ0n) is 26.8. The minimum Gasteiger partial charge on any atom is -0.307 e. The molecule has 0 atom stereocenters. The topological polar surface area (TPSA) is 35.1 Å². The molecule has 4 heteroatoms. The van der Waals surface area contributed by atoms with Crippen LogP contribution in [0.2, 0.25) is 0 Å². The molecule has 4 heterocycles. The van der Waals surface area contributed by atoms with E-state index in [4.69, 9.17) is 9.97 Å². The van der Waals surface area contributed by atoms with Crippen molar-refractivity contribution >= 4 is 92.3 Å². The van der Waals surface area contributed by atoms with E-state index in [0.29, 0.717) is 5.95 Å². The molecule has 4 nitrogen and oxygen atoms in total. The second kappa shape index (κ2) is 9.43. The van der Waals surface area contributed by atoms with Crippen molar-refractivity contribution in [3.63, 3.8) is 0 Å². The van der Waals surface area contributed by atoms with Crippen LogP contribution in [0.4, 0.5) is 0 Å². The molecule has 8 aromatic carbocycles. The van der Waals surface area contributed by atoms with Gasteiger partial charge >= 0.3 is 0 Å². The fraction of sp³-hybridized carbons (Fsp3) is 0. The first-order valence-corrected chi connectivity index (χ1v) is 17.1. The van der Waals surface area contributed by atoms with Gasteiger partial charge in [-0.15, -0.1) is 0 Å². The van der Waals surface area contributed by atoms with Gasteiger partial charge in [-0.3, -0.25) is 4.57 Å². The third-order valence-electron chi connectivity index (χ3n) is 10.8. The fourth-order valence-electron chi connectivity index (χ4n) is 8.84. The number of para-hydroxylation sites is 3. The van der Waals surface area contributed by atoms with Crippen LogP contribution in [0, 0.1) is 0 Å². The van der Waals surface area contributed by atoms with Crippen LogP contribution in [-0.4, -0.2) is 18.9 Å². The Hall–Kier alpha value is -6.78. The first-order valence-electron chi connectivity index (χ1n) is 17.1. The van der Waals surface area contributed by atoms with E-state index in [1.165, 1.54) is 70.4 Å². The maximum atomic E-state index is 5.45. The highest BCUT2D eigenvalue weighted by Crippen LogP contribution is 2.49. The summed E-state index contributed by atoms with van der Waals surface area (Å²) in [6.45, 7) is 0. The summed E-state index contributed by atoms with van der Waals surface area (Å²) in [6, 6.07) is 56.7.